The second-order valence-corrected chi connectivity index (χ2v) is 4.70. The molecule has 1 aromatic rings. The Balaban J connectivity index is 1.99. The highest BCUT2D eigenvalue weighted by Gasteiger charge is 2.18. The molecule has 1 fully saturated rings. The molecule has 0 spiro atoms. The minimum absolute atomic E-state index is 0.0806. The normalized spacial score (nSPS) is 18.8. The van der Waals surface area contributed by atoms with Gasteiger partial charge in [0.25, 0.3) is 0 Å². The van der Waals surface area contributed by atoms with E-state index in [-0.39, 0.29) is 17.2 Å². The van der Waals surface area contributed by atoms with Gasteiger partial charge in [-0.25, -0.2) is 0 Å². The molecule has 0 aromatic carbocycles. The van der Waals surface area contributed by atoms with Crippen molar-refractivity contribution in [3.8, 4) is 0 Å². The van der Waals surface area contributed by atoms with Crippen LogP contribution in [0.2, 0.25) is 5.28 Å². The Kier molecular flexibility index (Phi) is 4.73. The fraction of sp³-hybridized carbons (Fsp3) is 0.636. The molecule has 2 heterocycles. The predicted octanol–water partition coefficient (Wildman–Crippen LogP) is 1.04. The number of amides is 1. The van der Waals surface area contributed by atoms with E-state index in [1.165, 1.54) is 0 Å². The van der Waals surface area contributed by atoms with Crippen molar-refractivity contribution in [3.63, 3.8) is 0 Å². The third kappa shape index (κ3) is 4.20. The van der Waals surface area contributed by atoms with E-state index in [4.69, 9.17) is 11.6 Å². The van der Waals surface area contributed by atoms with Gasteiger partial charge in [0.1, 0.15) is 0 Å². The zero-order valence-electron chi connectivity index (χ0n) is 10.7. The lowest BCUT2D eigenvalue weighted by Gasteiger charge is -2.23. The summed E-state index contributed by atoms with van der Waals surface area (Å²) < 4.78 is 0. The largest absolute Gasteiger partial charge is 0.354 e. The van der Waals surface area contributed by atoms with Crippen molar-refractivity contribution >= 4 is 29.4 Å². The van der Waals surface area contributed by atoms with Crippen LogP contribution >= 0.6 is 11.6 Å². The van der Waals surface area contributed by atoms with Gasteiger partial charge in [0.2, 0.25) is 23.1 Å². The summed E-state index contributed by atoms with van der Waals surface area (Å²) in [6.07, 6.45) is 2.24. The number of hydrogen-bond donors (Lipinski definition) is 3. The van der Waals surface area contributed by atoms with Crippen molar-refractivity contribution in [1.29, 1.82) is 0 Å². The lowest BCUT2D eigenvalue weighted by Crippen LogP contribution is -2.42. The van der Waals surface area contributed by atoms with Gasteiger partial charge < -0.3 is 16.0 Å². The highest BCUT2D eigenvalue weighted by molar-refractivity contribution is 6.28. The number of piperidine rings is 1. The molecule has 2 rings (SSSR count). The second kappa shape index (κ2) is 6.51. The smallest absolute Gasteiger partial charge is 0.229 e. The number of carbonyl (C=O) groups excluding carboxylic acids is 1. The SMILES string of the molecule is CCCNc1nc(Cl)nc(NC2CCC(=O)NC2)n1. The fourth-order valence-electron chi connectivity index (χ4n) is 1.77. The molecule has 1 unspecified atom stereocenters. The van der Waals surface area contributed by atoms with Crippen LogP contribution in [0.5, 0.6) is 0 Å². The molecule has 0 aliphatic carbocycles. The van der Waals surface area contributed by atoms with Gasteiger partial charge >= 0.3 is 0 Å². The summed E-state index contributed by atoms with van der Waals surface area (Å²) in [6.45, 7) is 3.40. The third-order valence-corrected chi connectivity index (χ3v) is 2.91. The molecular weight excluding hydrogens is 268 g/mol. The van der Waals surface area contributed by atoms with Gasteiger partial charge in [0, 0.05) is 25.6 Å². The average molecular weight is 285 g/mol. The first-order valence-electron chi connectivity index (χ1n) is 6.36. The molecule has 104 valence electrons. The molecule has 1 amide bonds. The predicted molar refractivity (Wildman–Crippen MR) is 73.3 cm³/mol. The summed E-state index contributed by atoms with van der Waals surface area (Å²) in [7, 11) is 0. The standard InChI is InChI=1S/C11H17ClN6O/c1-2-5-13-10-16-9(12)17-11(18-10)15-7-3-4-8(19)14-6-7/h7H,2-6H2,1H3,(H,14,19)(H2,13,15,16,17,18). The number of carbonyl (C=O) groups is 1. The summed E-state index contributed by atoms with van der Waals surface area (Å²) in [5, 5.41) is 9.16. The van der Waals surface area contributed by atoms with Crippen LogP contribution in [-0.4, -0.2) is 40.0 Å². The quantitative estimate of drug-likeness (QED) is 0.748. The number of hydrogen-bond acceptors (Lipinski definition) is 6. The lowest BCUT2D eigenvalue weighted by atomic mass is 10.1. The van der Waals surface area contributed by atoms with Crippen molar-refractivity contribution in [3.05, 3.63) is 5.28 Å². The molecule has 7 nitrogen and oxygen atoms in total. The zero-order chi connectivity index (χ0) is 13.7. The maximum absolute atomic E-state index is 11.1. The average Bonchev–Trinajstić information content (AvgIpc) is 2.38. The minimum Gasteiger partial charge on any atom is -0.354 e. The van der Waals surface area contributed by atoms with Crippen LogP contribution in [0.15, 0.2) is 0 Å². The monoisotopic (exact) mass is 284 g/mol. The van der Waals surface area contributed by atoms with Crippen LogP contribution < -0.4 is 16.0 Å². The zero-order valence-corrected chi connectivity index (χ0v) is 11.5. The van der Waals surface area contributed by atoms with E-state index in [9.17, 15) is 4.79 Å². The summed E-state index contributed by atoms with van der Waals surface area (Å²) in [5.41, 5.74) is 0. The molecule has 1 aliphatic heterocycles. The van der Waals surface area contributed by atoms with Gasteiger partial charge in [0.15, 0.2) is 0 Å². The van der Waals surface area contributed by atoms with E-state index in [0.29, 0.717) is 24.9 Å². The number of rotatable bonds is 5. The van der Waals surface area contributed by atoms with Crippen LogP contribution in [0.3, 0.4) is 0 Å². The number of halogens is 1. The Morgan fingerprint density at radius 1 is 1.37 bits per heavy atom. The number of aromatic nitrogens is 3. The number of nitrogens with zero attached hydrogens (tertiary/aromatic N) is 3. The summed E-state index contributed by atoms with van der Waals surface area (Å²) in [5.74, 6) is 0.973. The Labute approximate surface area is 116 Å². The molecule has 1 atom stereocenters. The van der Waals surface area contributed by atoms with E-state index in [0.717, 1.165) is 19.4 Å². The first-order valence-corrected chi connectivity index (χ1v) is 6.74. The van der Waals surface area contributed by atoms with E-state index >= 15 is 0 Å². The molecule has 0 bridgehead atoms. The maximum Gasteiger partial charge on any atom is 0.229 e. The van der Waals surface area contributed by atoms with Crippen LogP contribution in [0.4, 0.5) is 11.9 Å². The highest BCUT2D eigenvalue weighted by Crippen LogP contribution is 2.13. The first kappa shape index (κ1) is 13.8. The van der Waals surface area contributed by atoms with Gasteiger partial charge in [0.05, 0.1) is 0 Å². The highest BCUT2D eigenvalue weighted by atomic mass is 35.5. The van der Waals surface area contributed by atoms with Gasteiger partial charge in [-0.1, -0.05) is 6.92 Å². The molecule has 1 aliphatic rings. The second-order valence-electron chi connectivity index (χ2n) is 4.36. The molecule has 1 aromatic heterocycles. The van der Waals surface area contributed by atoms with Crippen LogP contribution in [0, 0.1) is 0 Å². The van der Waals surface area contributed by atoms with Gasteiger partial charge in [-0.3, -0.25) is 4.79 Å². The summed E-state index contributed by atoms with van der Waals surface area (Å²) in [4.78, 5) is 23.4. The Hall–Kier alpha value is -1.63. The topological polar surface area (TPSA) is 91.8 Å². The molecule has 3 N–H and O–H groups in total. The van der Waals surface area contributed by atoms with Crippen molar-refractivity contribution in [2.45, 2.75) is 32.2 Å². The van der Waals surface area contributed by atoms with E-state index < -0.39 is 0 Å². The number of nitrogens with one attached hydrogen (secondary N) is 3. The molecule has 8 heteroatoms. The Morgan fingerprint density at radius 3 is 2.84 bits per heavy atom. The van der Waals surface area contributed by atoms with Gasteiger partial charge in [-0.05, 0) is 24.4 Å². The van der Waals surface area contributed by atoms with Crippen LogP contribution in [0.25, 0.3) is 0 Å². The molecule has 0 radical (unpaired) electrons. The van der Waals surface area contributed by atoms with E-state index in [1.807, 2.05) is 0 Å². The summed E-state index contributed by atoms with van der Waals surface area (Å²) >= 11 is 5.86. The third-order valence-electron chi connectivity index (χ3n) is 2.74. The molecule has 19 heavy (non-hydrogen) atoms. The van der Waals surface area contributed by atoms with Gasteiger partial charge in [-0.2, -0.15) is 15.0 Å². The van der Waals surface area contributed by atoms with Crippen molar-refractivity contribution in [2.24, 2.45) is 0 Å². The van der Waals surface area contributed by atoms with Crippen molar-refractivity contribution < 1.29 is 4.79 Å². The lowest BCUT2D eigenvalue weighted by molar-refractivity contribution is -0.122. The minimum atomic E-state index is 0.0806. The fourth-order valence-corrected chi connectivity index (χ4v) is 1.93. The molecular formula is C11H17ClN6O. The van der Waals surface area contributed by atoms with Crippen molar-refractivity contribution in [1.82, 2.24) is 20.3 Å². The Bertz CT molecular complexity index is 445. The molecule has 1 saturated heterocycles. The maximum atomic E-state index is 11.1. The first-order chi connectivity index (χ1) is 9.17. The number of anilines is 2. The van der Waals surface area contributed by atoms with Crippen LogP contribution in [0.1, 0.15) is 26.2 Å². The Morgan fingerprint density at radius 2 is 2.16 bits per heavy atom. The van der Waals surface area contributed by atoms with Gasteiger partial charge in [-0.15, -0.1) is 0 Å². The van der Waals surface area contributed by atoms with E-state index in [2.05, 4.69) is 37.8 Å². The van der Waals surface area contributed by atoms with E-state index in [1.54, 1.807) is 0 Å². The molecule has 0 saturated carbocycles. The van der Waals surface area contributed by atoms with Crippen molar-refractivity contribution in [2.75, 3.05) is 23.7 Å². The van der Waals surface area contributed by atoms with Crippen LogP contribution in [-0.2, 0) is 4.79 Å². The summed E-state index contributed by atoms with van der Waals surface area (Å²) in [6, 6.07) is 0.121.